The van der Waals surface area contributed by atoms with Gasteiger partial charge in [-0.1, -0.05) is 111 Å². The van der Waals surface area contributed by atoms with E-state index in [1.54, 1.807) is 0 Å². The molecule has 4 aromatic rings. The molecule has 2 saturated heterocycles. The molecule has 2 N–H and O–H groups in total. The summed E-state index contributed by atoms with van der Waals surface area (Å²) in [5.41, 5.74) is 5.87. The van der Waals surface area contributed by atoms with Gasteiger partial charge in [0.1, 0.15) is 0 Å². The van der Waals surface area contributed by atoms with Gasteiger partial charge in [0, 0.05) is 105 Å². The number of piperazine rings is 2. The van der Waals surface area contributed by atoms with Gasteiger partial charge in [0.2, 0.25) is 0 Å². The van der Waals surface area contributed by atoms with Crippen molar-refractivity contribution in [2.45, 2.75) is 78.4 Å². The van der Waals surface area contributed by atoms with E-state index in [0.29, 0.717) is 6.42 Å². The van der Waals surface area contributed by atoms with Crippen LogP contribution in [-0.4, -0.2) is 96.7 Å². The van der Waals surface area contributed by atoms with Crippen molar-refractivity contribution in [2.75, 3.05) is 75.2 Å². The average molecular weight is 836 g/mol. The van der Waals surface area contributed by atoms with Crippen LogP contribution in [-0.2, 0) is 12.8 Å². The fraction of sp³-hybridized carbons (Fsp3) is 0.500. The third-order valence-corrected chi connectivity index (χ3v) is 13.3. The number of anilines is 2. The van der Waals surface area contributed by atoms with Gasteiger partial charge < -0.3 is 20.0 Å². The lowest BCUT2D eigenvalue weighted by molar-refractivity contribution is -0.0284. The highest BCUT2D eigenvalue weighted by atomic mass is 35.5. The normalized spacial score (nSPS) is 18.6. The van der Waals surface area contributed by atoms with Gasteiger partial charge in [-0.2, -0.15) is 0 Å². The molecule has 2 heterocycles. The minimum Gasteiger partial charge on any atom is -0.389 e. The lowest BCUT2D eigenvalue weighted by atomic mass is 9.79. The summed E-state index contributed by atoms with van der Waals surface area (Å²) in [5.74, 6) is 0.388. The molecule has 6 rings (SSSR count). The maximum absolute atomic E-state index is 11.5. The Hall–Kier alpha value is -2.81. The summed E-state index contributed by atoms with van der Waals surface area (Å²) >= 11 is 18.4. The molecule has 2 aliphatic heterocycles. The molecule has 4 aromatic carbocycles. The average Bonchev–Trinajstić information content (AvgIpc) is 3.20. The van der Waals surface area contributed by atoms with E-state index in [9.17, 15) is 10.2 Å². The summed E-state index contributed by atoms with van der Waals surface area (Å²) in [5, 5.41) is 25.1. The Balaban J connectivity index is 0.000000218. The molecule has 9 heteroatoms. The summed E-state index contributed by atoms with van der Waals surface area (Å²) in [4.78, 5) is 9.74. The van der Waals surface area contributed by atoms with Gasteiger partial charge in [-0.25, -0.2) is 0 Å². The molecule has 4 atom stereocenters. The molecular formula is C48H65Cl3N4O2. The highest BCUT2D eigenvalue weighted by Crippen LogP contribution is 2.31. The van der Waals surface area contributed by atoms with Gasteiger partial charge in [-0.3, -0.25) is 9.80 Å². The van der Waals surface area contributed by atoms with Crippen molar-refractivity contribution in [2.24, 2.45) is 11.8 Å². The van der Waals surface area contributed by atoms with Gasteiger partial charge in [-0.05, 0) is 104 Å². The molecule has 0 aliphatic carbocycles. The maximum Gasteiger partial charge on any atom is 0.0723 e. The minimum atomic E-state index is -0.727. The highest BCUT2D eigenvalue weighted by molar-refractivity contribution is 6.31. The summed E-state index contributed by atoms with van der Waals surface area (Å²) in [6.45, 7) is 22.6. The van der Waals surface area contributed by atoms with Gasteiger partial charge in [0.25, 0.3) is 0 Å². The number of rotatable bonds is 14. The third kappa shape index (κ3) is 12.8. The summed E-state index contributed by atoms with van der Waals surface area (Å²) in [7, 11) is 0. The fourth-order valence-electron chi connectivity index (χ4n) is 8.45. The van der Waals surface area contributed by atoms with E-state index in [1.807, 2.05) is 60.7 Å². The predicted octanol–water partition coefficient (Wildman–Crippen LogP) is 10.2. The number of aliphatic hydroxyl groups is 2. The Labute approximate surface area is 358 Å². The zero-order valence-corrected chi connectivity index (χ0v) is 37.3. The highest BCUT2D eigenvalue weighted by Gasteiger charge is 2.35. The molecule has 0 spiro atoms. The molecule has 310 valence electrons. The van der Waals surface area contributed by atoms with Crippen LogP contribution in [0.3, 0.4) is 0 Å². The topological polar surface area (TPSA) is 53.4 Å². The quantitative estimate of drug-likeness (QED) is 0.132. The predicted molar refractivity (Wildman–Crippen MR) is 244 cm³/mol. The van der Waals surface area contributed by atoms with Gasteiger partial charge in [0.05, 0.1) is 11.2 Å². The van der Waals surface area contributed by atoms with Crippen LogP contribution in [0.1, 0.15) is 62.8 Å². The van der Waals surface area contributed by atoms with Crippen molar-refractivity contribution in [1.29, 1.82) is 0 Å². The van der Waals surface area contributed by atoms with Crippen molar-refractivity contribution in [3.63, 3.8) is 0 Å². The zero-order chi connectivity index (χ0) is 41.2. The lowest BCUT2D eigenvalue weighted by Gasteiger charge is -2.41. The van der Waals surface area contributed by atoms with E-state index < -0.39 is 11.2 Å². The Kier molecular flexibility index (Phi) is 16.6. The smallest absolute Gasteiger partial charge is 0.0723 e. The zero-order valence-electron chi connectivity index (χ0n) is 35.0. The molecule has 6 nitrogen and oxygen atoms in total. The van der Waals surface area contributed by atoms with E-state index in [2.05, 4.69) is 91.5 Å². The molecular weight excluding hydrogens is 771 g/mol. The Morgan fingerprint density at radius 2 is 1.00 bits per heavy atom. The van der Waals surface area contributed by atoms with E-state index in [1.165, 1.54) is 28.1 Å². The van der Waals surface area contributed by atoms with E-state index in [-0.39, 0.29) is 11.8 Å². The van der Waals surface area contributed by atoms with E-state index >= 15 is 0 Å². The van der Waals surface area contributed by atoms with Crippen LogP contribution in [0.15, 0.2) is 91.0 Å². The van der Waals surface area contributed by atoms with E-state index in [4.69, 9.17) is 34.8 Å². The van der Waals surface area contributed by atoms with Crippen LogP contribution in [0.2, 0.25) is 15.1 Å². The van der Waals surface area contributed by atoms with Crippen LogP contribution >= 0.6 is 34.8 Å². The molecule has 2 aliphatic rings. The second-order valence-electron chi connectivity index (χ2n) is 16.7. The number of hydrogen-bond donors (Lipinski definition) is 2. The molecule has 0 saturated carbocycles. The summed E-state index contributed by atoms with van der Waals surface area (Å²) < 4.78 is 0. The van der Waals surface area contributed by atoms with Crippen molar-refractivity contribution < 1.29 is 10.2 Å². The van der Waals surface area contributed by atoms with Crippen molar-refractivity contribution in [3.05, 3.63) is 128 Å². The molecule has 4 unspecified atom stereocenters. The molecule has 0 radical (unpaired) electrons. The number of benzene rings is 4. The van der Waals surface area contributed by atoms with Crippen LogP contribution in [0.5, 0.6) is 0 Å². The first kappa shape index (κ1) is 45.3. The van der Waals surface area contributed by atoms with Crippen LogP contribution in [0.25, 0.3) is 0 Å². The Bertz CT molecular complexity index is 1860. The van der Waals surface area contributed by atoms with Crippen molar-refractivity contribution >= 4 is 46.2 Å². The maximum atomic E-state index is 11.5. The van der Waals surface area contributed by atoms with Crippen LogP contribution in [0, 0.1) is 25.7 Å². The summed E-state index contributed by atoms with van der Waals surface area (Å²) in [6.07, 6.45) is 2.85. The fourth-order valence-corrected chi connectivity index (χ4v) is 9.04. The second kappa shape index (κ2) is 20.9. The number of nitrogens with zero attached hydrogens (tertiary/aromatic N) is 4. The SMILES string of the molecule is CCC(O)(Cc1cc(C)ccc1C)C(C)CN1CCN(c2cccc(Cl)c2)CC1.CCC(O)(Cc1cccc(Cl)c1)C(C)CN1CCN(c2cccc(Cl)c2)CC1. The Morgan fingerprint density at radius 3 is 1.44 bits per heavy atom. The van der Waals surface area contributed by atoms with Crippen molar-refractivity contribution in [1.82, 2.24) is 9.80 Å². The second-order valence-corrected chi connectivity index (χ2v) is 18.0. The number of aryl methyl sites for hydroxylation is 2. The number of hydrogen-bond acceptors (Lipinski definition) is 6. The first-order valence-corrected chi connectivity index (χ1v) is 22.0. The molecule has 0 bridgehead atoms. The van der Waals surface area contributed by atoms with E-state index in [0.717, 1.165) is 105 Å². The standard InChI is InChI=1S/C25H35ClN2O.C23H30Cl2N2O/c1-5-25(29,17-22-15-19(2)9-10-20(22)3)21(4)18-27-11-13-28(14-12-27)24-8-6-7-23(26)16-24;1-3-23(28,16-19-6-4-7-20(24)14-19)18(2)17-26-10-12-27(13-11-26)22-9-5-8-21(25)15-22/h6-10,15-16,21,29H,5,11-14,17-18H2,1-4H3;4-9,14-15,18,28H,3,10-13,16-17H2,1-2H3. The van der Waals surface area contributed by atoms with Gasteiger partial charge in [-0.15, -0.1) is 0 Å². The van der Waals surface area contributed by atoms with Gasteiger partial charge >= 0.3 is 0 Å². The summed E-state index contributed by atoms with van der Waals surface area (Å²) in [6, 6.07) is 30.5. The number of halogens is 3. The molecule has 0 amide bonds. The molecule has 0 aromatic heterocycles. The van der Waals surface area contributed by atoms with Crippen LogP contribution < -0.4 is 9.80 Å². The van der Waals surface area contributed by atoms with Gasteiger partial charge in [0.15, 0.2) is 0 Å². The van der Waals surface area contributed by atoms with Crippen molar-refractivity contribution in [3.8, 4) is 0 Å². The molecule has 2 fully saturated rings. The third-order valence-electron chi connectivity index (χ3n) is 12.6. The largest absolute Gasteiger partial charge is 0.389 e. The lowest BCUT2D eigenvalue weighted by Crippen LogP contribution is -2.51. The minimum absolute atomic E-state index is 0.175. The van der Waals surface area contributed by atoms with Crippen LogP contribution in [0.4, 0.5) is 11.4 Å². The monoisotopic (exact) mass is 834 g/mol. The first-order valence-electron chi connectivity index (χ1n) is 20.9. The first-order chi connectivity index (χ1) is 27.2. The Morgan fingerprint density at radius 1 is 0.561 bits per heavy atom. The molecule has 57 heavy (non-hydrogen) atoms.